The van der Waals surface area contributed by atoms with E-state index in [9.17, 15) is 13.9 Å². The second-order valence-corrected chi connectivity index (χ2v) is 3.58. The van der Waals surface area contributed by atoms with Crippen LogP contribution in [0.5, 0.6) is 0 Å². The average Bonchev–Trinajstić information content (AvgIpc) is 2.23. The fourth-order valence-electron chi connectivity index (χ4n) is 1.57. The number of rotatable bonds is 4. The Morgan fingerprint density at radius 3 is 2.31 bits per heavy atom. The minimum atomic E-state index is -1.77. The number of hydrogen-bond acceptors (Lipinski definition) is 3. The van der Waals surface area contributed by atoms with Crippen molar-refractivity contribution in [3.05, 3.63) is 35.4 Å². The van der Waals surface area contributed by atoms with Gasteiger partial charge in [0.1, 0.15) is 17.2 Å². The molecule has 0 heterocycles. The minimum Gasteiger partial charge on any atom is -0.380 e. The van der Waals surface area contributed by atoms with Gasteiger partial charge in [0.2, 0.25) is 0 Å². The number of benzene rings is 1. The fourth-order valence-corrected chi connectivity index (χ4v) is 1.57. The van der Waals surface area contributed by atoms with E-state index in [1.54, 1.807) is 0 Å². The molecule has 0 aliphatic carbocycles. The number of hydrogen-bond donors (Lipinski definition) is 1. The molecule has 1 aromatic rings. The molecule has 1 rings (SSSR count). The van der Waals surface area contributed by atoms with Gasteiger partial charge in [-0.05, 0) is 25.1 Å². The Balaban J connectivity index is 3.19. The summed E-state index contributed by atoms with van der Waals surface area (Å²) in [5, 5.41) is 10.1. The molecule has 5 heteroatoms. The largest absolute Gasteiger partial charge is 0.380 e. The van der Waals surface area contributed by atoms with Crippen molar-refractivity contribution in [3.8, 4) is 0 Å². The van der Waals surface area contributed by atoms with Gasteiger partial charge in [-0.15, -0.1) is 0 Å². The van der Waals surface area contributed by atoms with Crippen molar-refractivity contribution in [2.45, 2.75) is 18.8 Å². The van der Waals surface area contributed by atoms with Crippen molar-refractivity contribution < 1.29 is 23.4 Å². The van der Waals surface area contributed by atoms with Gasteiger partial charge in [-0.25, -0.2) is 8.78 Å². The quantitative estimate of drug-likeness (QED) is 0.804. The second-order valence-electron chi connectivity index (χ2n) is 3.58. The molecule has 1 unspecified atom stereocenters. The van der Waals surface area contributed by atoms with E-state index in [4.69, 9.17) is 9.47 Å². The monoisotopic (exact) mass is 232 g/mol. The minimum absolute atomic E-state index is 0.207. The van der Waals surface area contributed by atoms with Crippen LogP contribution in [0.25, 0.3) is 0 Å². The first-order valence-electron chi connectivity index (χ1n) is 4.67. The van der Waals surface area contributed by atoms with Crippen LogP contribution in [0.3, 0.4) is 0 Å². The van der Waals surface area contributed by atoms with E-state index in [0.717, 1.165) is 18.2 Å². The lowest BCUT2D eigenvalue weighted by Crippen LogP contribution is -2.40. The highest BCUT2D eigenvalue weighted by Gasteiger charge is 2.36. The first kappa shape index (κ1) is 13.0. The summed E-state index contributed by atoms with van der Waals surface area (Å²) < 4.78 is 36.2. The summed E-state index contributed by atoms with van der Waals surface area (Å²) in [5.74, 6) is -1.35. The van der Waals surface area contributed by atoms with Crippen LogP contribution in [0.4, 0.5) is 8.78 Å². The Bertz CT molecular complexity index is 362. The summed E-state index contributed by atoms with van der Waals surface area (Å²) in [6, 6.07) is 2.84. The van der Waals surface area contributed by atoms with E-state index in [0.29, 0.717) is 0 Å². The molecule has 1 aromatic carbocycles. The molecule has 90 valence electrons. The van der Waals surface area contributed by atoms with E-state index in [2.05, 4.69) is 0 Å². The molecule has 0 amide bonds. The van der Waals surface area contributed by atoms with E-state index in [1.165, 1.54) is 21.1 Å². The maximum absolute atomic E-state index is 13.5. The Kier molecular flexibility index (Phi) is 3.96. The zero-order chi connectivity index (χ0) is 12.3. The third kappa shape index (κ3) is 2.37. The zero-order valence-corrected chi connectivity index (χ0v) is 9.33. The van der Waals surface area contributed by atoms with Gasteiger partial charge in [0.25, 0.3) is 0 Å². The van der Waals surface area contributed by atoms with Crippen LogP contribution < -0.4 is 0 Å². The van der Waals surface area contributed by atoms with Gasteiger partial charge in [0.15, 0.2) is 6.29 Å². The lowest BCUT2D eigenvalue weighted by molar-refractivity contribution is -0.214. The van der Waals surface area contributed by atoms with Gasteiger partial charge in [-0.3, -0.25) is 0 Å². The molecule has 1 N–H and O–H groups in total. The lowest BCUT2D eigenvalue weighted by Gasteiger charge is -2.31. The molecule has 0 radical (unpaired) electrons. The predicted octanol–water partition coefficient (Wildman–Crippen LogP) is 1.79. The van der Waals surface area contributed by atoms with Gasteiger partial charge < -0.3 is 14.6 Å². The molecular weight excluding hydrogens is 218 g/mol. The van der Waals surface area contributed by atoms with Gasteiger partial charge in [0, 0.05) is 19.8 Å². The summed E-state index contributed by atoms with van der Waals surface area (Å²) in [6.07, 6.45) is -1.08. The maximum Gasteiger partial charge on any atom is 0.189 e. The summed E-state index contributed by atoms with van der Waals surface area (Å²) >= 11 is 0. The summed E-state index contributed by atoms with van der Waals surface area (Å²) in [5.41, 5.74) is -1.98. The third-order valence-corrected chi connectivity index (χ3v) is 2.36. The van der Waals surface area contributed by atoms with Gasteiger partial charge in [-0.2, -0.15) is 0 Å². The molecule has 0 aliphatic rings. The molecule has 0 fully saturated rings. The second kappa shape index (κ2) is 4.86. The molecule has 16 heavy (non-hydrogen) atoms. The van der Waals surface area contributed by atoms with Crippen LogP contribution >= 0.6 is 0 Å². The molecule has 0 aromatic heterocycles. The maximum atomic E-state index is 13.5. The van der Waals surface area contributed by atoms with Crippen LogP contribution in [-0.2, 0) is 15.1 Å². The Morgan fingerprint density at radius 2 is 1.81 bits per heavy atom. The topological polar surface area (TPSA) is 38.7 Å². The van der Waals surface area contributed by atoms with Crippen molar-refractivity contribution in [1.82, 2.24) is 0 Å². The molecular formula is C11H14F2O3. The van der Waals surface area contributed by atoms with Crippen LogP contribution in [0, 0.1) is 11.6 Å². The molecule has 0 saturated heterocycles. The van der Waals surface area contributed by atoms with Gasteiger partial charge in [0.05, 0.1) is 0 Å². The molecule has 1 atom stereocenters. The Hall–Kier alpha value is -1.04. The SMILES string of the molecule is COC(OC)C(C)(O)c1cc(F)ccc1F. The van der Waals surface area contributed by atoms with Crippen LogP contribution in [0.1, 0.15) is 12.5 Å². The normalized spacial score (nSPS) is 15.2. The highest BCUT2D eigenvalue weighted by Crippen LogP contribution is 2.29. The third-order valence-electron chi connectivity index (χ3n) is 2.36. The van der Waals surface area contributed by atoms with Gasteiger partial charge >= 0.3 is 0 Å². The molecule has 0 saturated carbocycles. The summed E-state index contributed by atoms with van der Waals surface area (Å²) in [4.78, 5) is 0. The lowest BCUT2D eigenvalue weighted by atomic mass is 9.94. The van der Waals surface area contributed by atoms with Crippen LogP contribution in [0.2, 0.25) is 0 Å². The fraction of sp³-hybridized carbons (Fsp3) is 0.455. The highest BCUT2D eigenvalue weighted by molar-refractivity contribution is 5.25. The molecule has 0 aliphatic heterocycles. The smallest absolute Gasteiger partial charge is 0.189 e. The number of methoxy groups -OCH3 is 2. The van der Waals surface area contributed by atoms with E-state index >= 15 is 0 Å². The van der Waals surface area contributed by atoms with E-state index < -0.39 is 23.5 Å². The van der Waals surface area contributed by atoms with E-state index in [1.807, 2.05) is 0 Å². The molecule has 0 bridgehead atoms. The first-order valence-corrected chi connectivity index (χ1v) is 4.67. The van der Waals surface area contributed by atoms with Crippen LogP contribution in [-0.4, -0.2) is 25.6 Å². The summed E-state index contributed by atoms with van der Waals surface area (Å²) in [7, 11) is 2.61. The standard InChI is InChI=1S/C11H14F2O3/c1-11(14,10(15-2)16-3)8-6-7(12)4-5-9(8)13/h4-6,10,14H,1-3H3. The number of aliphatic hydroxyl groups is 1. The Labute approximate surface area is 92.6 Å². The summed E-state index contributed by atoms with van der Waals surface area (Å²) in [6.45, 7) is 1.29. The van der Waals surface area contributed by atoms with Crippen molar-refractivity contribution in [3.63, 3.8) is 0 Å². The van der Waals surface area contributed by atoms with Gasteiger partial charge in [-0.1, -0.05) is 0 Å². The van der Waals surface area contributed by atoms with Crippen molar-refractivity contribution in [1.29, 1.82) is 0 Å². The van der Waals surface area contributed by atoms with Crippen molar-refractivity contribution in [2.24, 2.45) is 0 Å². The predicted molar refractivity (Wildman–Crippen MR) is 53.7 cm³/mol. The Morgan fingerprint density at radius 1 is 1.25 bits per heavy atom. The average molecular weight is 232 g/mol. The molecule has 0 spiro atoms. The highest BCUT2D eigenvalue weighted by atomic mass is 19.1. The van der Waals surface area contributed by atoms with Crippen molar-refractivity contribution >= 4 is 0 Å². The van der Waals surface area contributed by atoms with Crippen molar-refractivity contribution in [2.75, 3.05) is 14.2 Å². The number of ether oxygens (including phenoxy) is 2. The zero-order valence-electron chi connectivity index (χ0n) is 9.33. The van der Waals surface area contributed by atoms with E-state index in [-0.39, 0.29) is 5.56 Å². The molecule has 3 nitrogen and oxygen atoms in total. The van der Waals surface area contributed by atoms with Crippen LogP contribution in [0.15, 0.2) is 18.2 Å². The first-order chi connectivity index (χ1) is 7.43. The number of halogens is 2.